The van der Waals surface area contributed by atoms with Crippen LogP contribution in [0.2, 0.25) is 39.3 Å². The summed E-state index contributed by atoms with van der Waals surface area (Å²) in [5, 5.41) is 9.77. The Labute approximate surface area is 144 Å². The number of aliphatic hydroxyl groups is 1. The van der Waals surface area contributed by atoms with Gasteiger partial charge in [0.05, 0.1) is 6.61 Å². The highest BCUT2D eigenvalue weighted by Gasteiger charge is 2.28. The maximum absolute atomic E-state index is 11.2. The molecule has 1 atom stereocenters. The molecule has 0 aromatic rings. The van der Waals surface area contributed by atoms with Crippen molar-refractivity contribution in [2.45, 2.75) is 58.2 Å². The Bertz CT molecular complexity index is 373. The molecule has 0 aliphatic heterocycles. The van der Waals surface area contributed by atoms with E-state index in [9.17, 15) is 9.90 Å². The standard InChI is InChI=1S/C14H30O6Si3/c1-11(2)13(16)17-9-12(15)10-18-21-14(19-22(3,4)5)20-23(6,7)8/h12,14-15H,1,9-10H2,2-8H3. The summed E-state index contributed by atoms with van der Waals surface area (Å²) >= 11 is 0. The highest BCUT2D eigenvalue weighted by Crippen LogP contribution is 2.13. The van der Waals surface area contributed by atoms with Crippen molar-refractivity contribution in [1.29, 1.82) is 0 Å². The third kappa shape index (κ3) is 13.8. The summed E-state index contributed by atoms with van der Waals surface area (Å²) in [6.07, 6.45) is -0.884. The second-order valence-electron chi connectivity index (χ2n) is 7.25. The number of ether oxygens (including phenoxy) is 1. The molecule has 1 unspecified atom stereocenters. The topological polar surface area (TPSA) is 74.2 Å². The molecular weight excluding hydrogens is 348 g/mol. The maximum Gasteiger partial charge on any atom is 0.333 e. The molecule has 9 heteroatoms. The Hall–Kier alpha value is -0.299. The molecule has 0 aromatic heterocycles. The smallest absolute Gasteiger partial charge is 0.333 e. The Morgan fingerprint density at radius 2 is 1.57 bits per heavy atom. The molecule has 6 nitrogen and oxygen atoms in total. The molecular formula is C14H30O6Si3. The minimum absolute atomic E-state index is 0.0355. The number of rotatable bonds is 11. The van der Waals surface area contributed by atoms with Gasteiger partial charge in [-0.25, -0.2) is 4.79 Å². The predicted molar refractivity (Wildman–Crippen MR) is 96.1 cm³/mol. The Kier molecular flexibility index (Phi) is 9.74. The molecule has 0 aromatic carbocycles. The Morgan fingerprint density at radius 1 is 1.09 bits per heavy atom. The molecule has 0 aliphatic rings. The first kappa shape index (κ1) is 22.7. The molecule has 0 heterocycles. The van der Waals surface area contributed by atoms with E-state index < -0.39 is 34.6 Å². The maximum atomic E-state index is 11.2. The molecule has 0 saturated heterocycles. The van der Waals surface area contributed by atoms with E-state index in [0.717, 1.165) is 0 Å². The Morgan fingerprint density at radius 3 is 1.96 bits per heavy atom. The van der Waals surface area contributed by atoms with Gasteiger partial charge in [0, 0.05) is 5.57 Å². The van der Waals surface area contributed by atoms with Crippen LogP contribution in [0.3, 0.4) is 0 Å². The zero-order valence-electron chi connectivity index (χ0n) is 15.3. The number of carbonyl (C=O) groups excluding carboxylic acids is 1. The largest absolute Gasteiger partial charge is 0.460 e. The van der Waals surface area contributed by atoms with Gasteiger partial charge in [0.2, 0.25) is 0 Å². The van der Waals surface area contributed by atoms with E-state index in [-0.39, 0.29) is 23.0 Å². The lowest BCUT2D eigenvalue weighted by Crippen LogP contribution is -2.44. The average Bonchev–Trinajstić information content (AvgIpc) is 2.31. The lowest BCUT2D eigenvalue weighted by molar-refractivity contribution is -0.142. The first-order valence-electron chi connectivity index (χ1n) is 7.54. The number of esters is 1. The summed E-state index contributed by atoms with van der Waals surface area (Å²) in [6, 6.07) is 0. The molecule has 0 fully saturated rings. The molecule has 0 spiro atoms. The summed E-state index contributed by atoms with van der Waals surface area (Å²) < 4.78 is 22.3. The van der Waals surface area contributed by atoms with Crippen molar-refractivity contribution in [2.75, 3.05) is 13.2 Å². The molecule has 0 rings (SSSR count). The van der Waals surface area contributed by atoms with Crippen LogP contribution in [0.15, 0.2) is 12.2 Å². The molecule has 0 saturated carbocycles. The van der Waals surface area contributed by atoms with Crippen LogP contribution in [-0.2, 0) is 22.8 Å². The lowest BCUT2D eigenvalue weighted by Gasteiger charge is -2.30. The molecule has 0 amide bonds. The minimum atomic E-state index is -1.76. The van der Waals surface area contributed by atoms with Crippen LogP contribution < -0.4 is 0 Å². The Balaban J connectivity index is 4.24. The van der Waals surface area contributed by atoms with Crippen molar-refractivity contribution in [3.8, 4) is 0 Å². The summed E-state index contributed by atoms with van der Waals surface area (Å²) in [5.41, 5.74) is 0.298. The lowest BCUT2D eigenvalue weighted by atomic mass is 10.3. The van der Waals surface area contributed by atoms with Gasteiger partial charge in [-0.05, 0) is 46.2 Å². The van der Waals surface area contributed by atoms with Gasteiger partial charge in [0.1, 0.15) is 18.6 Å². The first-order valence-corrected chi connectivity index (χ1v) is 15.3. The summed E-state index contributed by atoms with van der Waals surface area (Å²) in [6.45, 7) is 17.5. The van der Waals surface area contributed by atoms with Gasteiger partial charge in [-0.15, -0.1) is 0 Å². The van der Waals surface area contributed by atoms with Crippen LogP contribution in [-0.4, -0.2) is 62.7 Å². The van der Waals surface area contributed by atoms with Gasteiger partial charge in [0.15, 0.2) is 16.6 Å². The highest BCUT2D eigenvalue weighted by atomic mass is 28.4. The highest BCUT2D eigenvalue weighted by molar-refractivity contribution is 6.71. The predicted octanol–water partition coefficient (Wildman–Crippen LogP) is 2.09. The zero-order chi connectivity index (χ0) is 18.3. The second kappa shape index (κ2) is 9.87. The van der Waals surface area contributed by atoms with Crippen LogP contribution in [0.25, 0.3) is 0 Å². The quantitative estimate of drug-likeness (QED) is 0.257. The minimum Gasteiger partial charge on any atom is -0.460 e. The van der Waals surface area contributed by atoms with Crippen LogP contribution in [0, 0.1) is 0 Å². The first-order chi connectivity index (χ1) is 10.3. The molecule has 23 heavy (non-hydrogen) atoms. The van der Waals surface area contributed by atoms with Crippen molar-refractivity contribution in [3.63, 3.8) is 0 Å². The molecule has 1 N–H and O–H groups in total. The SMILES string of the molecule is C=C(C)C(=O)OCC(O)CO[Si]C(O[Si](C)(C)C)O[Si](C)(C)C. The molecule has 2 radical (unpaired) electrons. The number of carbonyl (C=O) groups is 1. The van der Waals surface area contributed by atoms with E-state index in [1.165, 1.54) is 0 Å². The van der Waals surface area contributed by atoms with E-state index in [1.807, 2.05) is 0 Å². The van der Waals surface area contributed by atoms with E-state index in [0.29, 0.717) is 5.57 Å². The van der Waals surface area contributed by atoms with Crippen molar-refractivity contribution in [3.05, 3.63) is 12.2 Å². The second-order valence-corrected chi connectivity index (χ2v) is 17.2. The van der Waals surface area contributed by atoms with Crippen molar-refractivity contribution in [1.82, 2.24) is 0 Å². The molecule has 0 aliphatic carbocycles. The number of hydrogen-bond donors (Lipinski definition) is 1. The van der Waals surface area contributed by atoms with Crippen LogP contribution in [0.5, 0.6) is 0 Å². The van der Waals surface area contributed by atoms with E-state index in [2.05, 4.69) is 45.9 Å². The van der Waals surface area contributed by atoms with Crippen LogP contribution >= 0.6 is 0 Å². The van der Waals surface area contributed by atoms with Gasteiger partial charge >= 0.3 is 5.97 Å². The number of aliphatic hydroxyl groups excluding tert-OH is 1. The molecule has 134 valence electrons. The van der Waals surface area contributed by atoms with Gasteiger partial charge in [0.25, 0.3) is 9.76 Å². The van der Waals surface area contributed by atoms with Gasteiger partial charge in [-0.3, -0.25) is 0 Å². The van der Waals surface area contributed by atoms with E-state index >= 15 is 0 Å². The monoisotopic (exact) mass is 378 g/mol. The van der Waals surface area contributed by atoms with Crippen LogP contribution in [0.1, 0.15) is 6.92 Å². The van der Waals surface area contributed by atoms with Gasteiger partial charge in [-0.1, -0.05) is 6.58 Å². The fraction of sp³-hybridized carbons (Fsp3) is 0.786. The summed E-state index contributed by atoms with van der Waals surface area (Å²) in [7, 11) is -3.55. The summed E-state index contributed by atoms with van der Waals surface area (Å²) in [4.78, 5) is 11.2. The van der Waals surface area contributed by atoms with Gasteiger partial charge in [-0.2, -0.15) is 0 Å². The van der Waals surface area contributed by atoms with E-state index in [1.54, 1.807) is 6.92 Å². The van der Waals surface area contributed by atoms with Gasteiger partial charge < -0.3 is 23.1 Å². The average molecular weight is 379 g/mol. The van der Waals surface area contributed by atoms with Crippen LogP contribution in [0.4, 0.5) is 0 Å². The van der Waals surface area contributed by atoms with Crippen molar-refractivity contribution in [2.24, 2.45) is 0 Å². The zero-order valence-corrected chi connectivity index (χ0v) is 18.3. The normalized spacial score (nSPS) is 14.0. The van der Waals surface area contributed by atoms with E-state index in [4.69, 9.17) is 18.0 Å². The van der Waals surface area contributed by atoms with Crippen molar-refractivity contribution >= 4 is 32.4 Å². The number of hydrogen-bond acceptors (Lipinski definition) is 6. The fourth-order valence-electron chi connectivity index (χ4n) is 1.27. The summed E-state index contributed by atoms with van der Waals surface area (Å²) in [5.74, 6) is -0.924. The van der Waals surface area contributed by atoms with Crippen molar-refractivity contribution < 1.29 is 27.9 Å². The third-order valence-corrected chi connectivity index (χ3v) is 5.21. The fourth-order valence-corrected chi connectivity index (χ4v) is 5.68. The molecule has 0 bridgehead atoms. The third-order valence-electron chi connectivity index (χ3n) is 2.13.